The highest BCUT2D eigenvalue weighted by atomic mass is 16.3. The summed E-state index contributed by atoms with van der Waals surface area (Å²) in [5.74, 6) is 0.324. The normalized spacial score (nSPS) is 12.5. The fraction of sp³-hybridized carbons (Fsp3) is 0.400. The van der Waals surface area contributed by atoms with Crippen molar-refractivity contribution in [3.63, 3.8) is 0 Å². The maximum absolute atomic E-state index is 9.97. The molecule has 4 nitrogen and oxygen atoms in total. The summed E-state index contributed by atoms with van der Waals surface area (Å²) in [5.41, 5.74) is 5.15. The Bertz CT molecular complexity index is 602. The lowest BCUT2D eigenvalue weighted by atomic mass is 10.0. The van der Waals surface area contributed by atoms with Crippen molar-refractivity contribution in [2.45, 2.75) is 33.7 Å². The van der Waals surface area contributed by atoms with E-state index >= 15 is 0 Å². The molecule has 0 spiro atoms. The fourth-order valence-electron chi connectivity index (χ4n) is 2.30. The van der Waals surface area contributed by atoms with Crippen molar-refractivity contribution in [1.29, 1.82) is 0 Å². The second-order valence-electron chi connectivity index (χ2n) is 5.10. The summed E-state index contributed by atoms with van der Waals surface area (Å²) < 4.78 is 1.86. The second-order valence-corrected chi connectivity index (χ2v) is 5.10. The summed E-state index contributed by atoms with van der Waals surface area (Å²) >= 11 is 0. The van der Waals surface area contributed by atoms with Gasteiger partial charge in [0, 0.05) is 12.6 Å². The molecule has 0 saturated heterocycles. The summed E-state index contributed by atoms with van der Waals surface area (Å²) in [6.07, 6.45) is 0. The van der Waals surface area contributed by atoms with E-state index in [-0.39, 0.29) is 6.04 Å². The van der Waals surface area contributed by atoms with E-state index in [2.05, 4.69) is 10.4 Å². The average molecular weight is 259 g/mol. The Morgan fingerprint density at radius 2 is 1.95 bits per heavy atom. The molecule has 19 heavy (non-hydrogen) atoms. The Morgan fingerprint density at radius 1 is 1.26 bits per heavy atom. The molecule has 2 N–H and O–H groups in total. The molecule has 2 rings (SSSR count). The average Bonchev–Trinajstić information content (AvgIpc) is 2.59. The number of aromatic nitrogens is 2. The molecule has 4 heteroatoms. The molecule has 0 bridgehead atoms. The number of hydrogen-bond donors (Lipinski definition) is 2. The molecule has 1 aromatic heterocycles. The number of rotatable bonds is 3. The zero-order chi connectivity index (χ0) is 14.2. The van der Waals surface area contributed by atoms with E-state index in [1.54, 1.807) is 6.07 Å². The molecule has 0 amide bonds. The molecule has 0 aliphatic heterocycles. The molecule has 0 fully saturated rings. The van der Waals surface area contributed by atoms with Crippen LogP contribution in [0.4, 0.5) is 5.69 Å². The van der Waals surface area contributed by atoms with Crippen LogP contribution in [0.3, 0.4) is 0 Å². The molecule has 102 valence electrons. The lowest BCUT2D eigenvalue weighted by Crippen LogP contribution is -2.08. The van der Waals surface area contributed by atoms with Gasteiger partial charge in [0.15, 0.2) is 0 Å². The summed E-state index contributed by atoms with van der Waals surface area (Å²) in [6, 6.07) is 5.69. The summed E-state index contributed by atoms with van der Waals surface area (Å²) in [4.78, 5) is 0. The van der Waals surface area contributed by atoms with Crippen LogP contribution < -0.4 is 5.32 Å². The van der Waals surface area contributed by atoms with Gasteiger partial charge >= 0.3 is 0 Å². The standard InChI is InChI=1S/C15H21N3O/c1-9-6-7-14(19)13(8-9)10(2)16-15-11(3)17-18(5)12(15)4/h6-8,10,16,19H,1-5H3. The highest BCUT2D eigenvalue weighted by molar-refractivity contribution is 5.54. The topological polar surface area (TPSA) is 50.1 Å². The van der Waals surface area contributed by atoms with Gasteiger partial charge in [-0.15, -0.1) is 0 Å². The summed E-state index contributed by atoms with van der Waals surface area (Å²) in [5, 5.41) is 17.8. The number of phenolic OH excluding ortho intramolecular Hbond substituents is 1. The van der Waals surface area contributed by atoms with Crippen LogP contribution in [0.5, 0.6) is 5.75 Å². The van der Waals surface area contributed by atoms with Gasteiger partial charge in [-0.25, -0.2) is 0 Å². The van der Waals surface area contributed by atoms with Crippen LogP contribution in [0.1, 0.15) is 35.5 Å². The van der Waals surface area contributed by atoms with Crippen LogP contribution in [0, 0.1) is 20.8 Å². The maximum atomic E-state index is 9.97. The number of benzene rings is 1. The van der Waals surface area contributed by atoms with Gasteiger partial charge in [-0.3, -0.25) is 4.68 Å². The van der Waals surface area contributed by atoms with E-state index in [0.29, 0.717) is 5.75 Å². The molecule has 1 unspecified atom stereocenters. The van der Waals surface area contributed by atoms with E-state index < -0.39 is 0 Å². The monoisotopic (exact) mass is 259 g/mol. The van der Waals surface area contributed by atoms with Gasteiger partial charge in [-0.1, -0.05) is 17.7 Å². The smallest absolute Gasteiger partial charge is 0.120 e. The second kappa shape index (κ2) is 4.96. The van der Waals surface area contributed by atoms with E-state index in [9.17, 15) is 5.11 Å². The minimum Gasteiger partial charge on any atom is -0.508 e. The first-order chi connectivity index (χ1) is 8.90. The first-order valence-electron chi connectivity index (χ1n) is 6.46. The Hall–Kier alpha value is -1.97. The van der Waals surface area contributed by atoms with Crippen LogP contribution in [-0.4, -0.2) is 14.9 Å². The van der Waals surface area contributed by atoms with E-state index in [0.717, 1.165) is 28.2 Å². The molecule has 0 radical (unpaired) electrons. The minimum atomic E-state index is 0.0292. The van der Waals surface area contributed by atoms with Crippen molar-refractivity contribution < 1.29 is 5.11 Å². The number of aromatic hydroxyl groups is 1. The lowest BCUT2D eigenvalue weighted by molar-refractivity contribution is 0.465. The lowest BCUT2D eigenvalue weighted by Gasteiger charge is -2.17. The Morgan fingerprint density at radius 3 is 2.53 bits per heavy atom. The van der Waals surface area contributed by atoms with Crippen LogP contribution >= 0.6 is 0 Å². The van der Waals surface area contributed by atoms with Crippen LogP contribution in [0.15, 0.2) is 18.2 Å². The summed E-state index contributed by atoms with van der Waals surface area (Å²) in [6.45, 7) is 8.08. The molecular weight excluding hydrogens is 238 g/mol. The van der Waals surface area contributed by atoms with Crippen LogP contribution in [0.25, 0.3) is 0 Å². The van der Waals surface area contributed by atoms with Crippen LogP contribution in [0.2, 0.25) is 0 Å². The third-order valence-corrected chi connectivity index (χ3v) is 3.52. The third kappa shape index (κ3) is 2.57. The van der Waals surface area contributed by atoms with Gasteiger partial charge in [0.25, 0.3) is 0 Å². The molecule has 0 aliphatic rings. The largest absolute Gasteiger partial charge is 0.508 e. The number of phenols is 1. The number of anilines is 1. The molecule has 0 aliphatic carbocycles. The van der Waals surface area contributed by atoms with E-state index in [1.807, 2.05) is 51.6 Å². The highest BCUT2D eigenvalue weighted by Gasteiger charge is 2.15. The van der Waals surface area contributed by atoms with Crippen molar-refractivity contribution in [2.24, 2.45) is 7.05 Å². The first kappa shape index (κ1) is 13.5. The molecule has 1 aromatic carbocycles. The number of aryl methyl sites for hydroxylation is 3. The fourth-order valence-corrected chi connectivity index (χ4v) is 2.30. The Kier molecular flexibility index (Phi) is 3.51. The molecule has 0 saturated carbocycles. The van der Waals surface area contributed by atoms with E-state index in [1.165, 1.54) is 0 Å². The predicted octanol–water partition coefficient (Wildman–Crippen LogP) is 3.22. The maximum Gasteiger partial charge on any atom is 0.120 e. The van der Waals surface area contributed by atoms with Gasteiger partial charge in [-0.05, 0) is 33.8 Å². The van der Waals surface area contributed by atoms with E-state index in [4.69, 9.17) is 0 Å². The van der Waals surface area contributed by atoms with Crippen molar-refractivity contribution in [3.05, 3.63) is 40.7 Å². The Balaban J connectivity index is 2.30. The van der Waals surface area contributed by atoms with Crippen LogP contribution in [-0.2, 0) is 7.05 Å². The SMILES string of the molecule is Cc1ccc(O)c(C(C)Nc2c(C)nn(C)c2C)c1. The first-order valence-corrected chi connectivity index (χ1v) is 6.46. The van der Waals surface area contributed by atoms with Crippen molar-refractivity contribution in [3.8, 4) is 5.75 Å². The quantitative estimate of drug-likeness (QED) is 0.889. The zero-order valence-corrected chi connectivity index (χ0v) is 12.2. The number of hydrogen-bond acceptors (Lipinski definition) is 3. The van der Waals surface area contributed by atoms with Gasteiger partial charge < -0.3 is 10.4 Å². The number of nitrogens with zero attached hydrogens (tertiary/aromatic N) is 2. The van der Waals surface area contributed by atoms with Gasteiger partial charge in [-0.2, -0.15) is 5.10 Å². The van der Waals surface area contributed by atoms with Crippen molar-refractivity contribution in [2.75, 3.05) is 5.32 Å². The summed E-state index contributed by atoms with van der Waals surface area (Å²) in [7, 11) is 1.93. The number of nitrogens with one attached hydrogen (secondary N) is 1. The molecule has 1 heterocycles. The zero-order valence-electron chi connectivity index (χ0n) is 12.2. The van der Waals surface area contributed by atoms with Gasteiger partial charge in [0.2, 0.25) is 0 Å². The van der Waals surface area contributed by atoms with Crippen molar-refractivity contribution >= 4 is 5.69 Å². The van der Waals surface area contributed by atoms with Gasteiger partial charge in [0.1, 0.15) is 5.75 Å². The Labute approximate surface area is 114 Å². The van der Waals surface area contributed by atoms with Crippen molar-refractivity contribution in [1.82, 2.24) is 9.78 Å². The third-order valence-electron chi connectivity index (χ3n) is 3.52. The molecular formula is C15H21N3O. The molecule has 1 atom stereocenters. The predicted molar refractivity (Wildman–Crippen MR) is 77.6 cm³/mol. The highest BCUT2D eigenvalue weighted by Crippen LogP contribution is 2.30. The van der Waals surface area contributed by atoms with Gasteiger partial charge in [0.05, 0.1) is 23.1 Å². The minimum absolute atomic E-state index is 0.0292. The molecule has 2 aromatic rings.